The first kappa shape index (κ1) is 24.6. The van der Waals surface area contributed by atoms with Crippen molar-refractivity contribution in [3.05, 3.63) is 82.2 Å². The number of likely N-dealkylation sites (N-methyl/N-ethyl adjacent to an activating group) is 1. The highest BCUT2D eigenvalue weighted by molar-refractivity contribution is 6.04. The zero-order chi connectivity index (χ0) is 24.3. The number of nitrogens with one attached hydrogen (secondary N) is 2. The molecule has 2 aromatic carbocycles. The van der Waals surface area contributed by atoms with Crippen LogP contribution in [0.3, 0.4) is 0 Å². The first-order valence-corrected chi connectivity index (χ1v) is 11.4. The van der Waals surface area contributed by atoms with Crippen molar-refractivity contribution in [2.75, 3.05) is 20.6 Å². The number of allylic oxidation sites excluding steroid dienone is 1. The van der Waals surface area contributed by atoms with Gasteiger partial charge in [0, 0.05) is 29.6 Å². The van der Waals surface area contributed by atoms with Crippen molar-refractivity contribution in [3.8, 4) is 0 Å². The molecule has 2 amide bonds. The summed E-state index contributed by atoms with van der Waals surface area (Å²) in [6.45, 7) is 8.19. The molecule has 2 aromatic rings. The molecule has 0 radical (unpaired) electrons. The molecule has 0 spiro atoms. The largest absolute Gasteiger partial charge is 0.351 e. The molecule has 2 atom stereocenters. The molecular formula is C27H34FN3O2. The lowest BCUT2D eigenvalue weighted by molar-refractivity contribution is -0.117. The van der Waals surface area contributed by atoms with Crippen molar-refractivity contribution in [1.82, 2.24) is 15.5 Å². The Morgan fingerprint density at radius 2 is 1.73 bits per heavy atom. The third-order valence-corrected chi connectivity index (χ3v) is 6.54. The van der Waals surface area contributed by atoms with Crippen molar-refractivity contribution < 1.29 is 14.0 Å². The highest BCUT2D eigenvalue weighted by Crippen LogP contribution is 2.53. The van der Waals surface area contributed by atoms with Crippen LogP contribution in [-0.2, 0) is 16.6 Å². The quantitative estimate of drug-likeness (QED) is 0.609. The summed E-state index contributed by atoms with van der Waals surface area (Å²) in [6, 6.07) is 14.7. The average Bonchev–Trinajstić information content (AvgIpc) is 3.32. The van der Waals surface area contributed by atoms with Crippen molar-refractivity contribution >= 4 is 11.8 Å². The summed E-state index contributed by atoms with van der Waals surface area (Å²) in [6.07, 6.45) is 0.546. The Morgan fingerprint density at radius 3 is 2.30 bits per heavy atom. The monoisotopic (exact) mass is 451 g/mol. The number of halogens is 1. The van der Waals surface area contributed by atoms with E-state index in [-0.39, 0.29) is 29.0 Å². The van der Waals surface area contributed by atoms with Gasteiger partial charge in [-0.2, -0.15) is 0 Å². The third kappa shape index (κ3) is 5.33. The van der Waals surface area contributed by atoms with Gasteiger partial charge >= 0.3 is 0 Å². The van der Waals surface area contributed by atoms with Crippen molar-refractivity contribution in [1.29, 1.82) is 0 Å². The van der Waals surface area contributed by atoms with Crippen molar-refractivity contribution in [2.45, 2.75) is 51.6 Å². The first-order chi connectivity index (χ1) is 15.6. The number of rotatable bonds is 9. The fourth-order valence-electron chi connectivity index (χ4n) is 4.28. The van der Waals surface area contributed by atoms with Gasteiger partial charge in [0.2, 0.25) is 5.91 Å². The van der Waals surface area contributed by atoms with Gasteiger partial charge < -0.3 is 15.5 Å². The fourth-order valence-corrected chi connectivity index (χ4v) is 4.28. The van der Waals surface area contributed by atoms with Gasteiger partial charge in [-0.15, -0.1) is 0 Å². The SMILES string of the molecule is CC1=C(C(=O)NC[C@H](Cc2ccc(C(=O)NC(C)C)c(F)c2)N(C)C)[C@@]1(C)c1ccccc1. The number of hydrogen-bond acceptors (Lipinski definition) is 3. The molecule has 176 valence electrons. The molecule has 0 aliphatic heterocycles. The van der Waals surface area contributed by atoms with E-state index in [0.717, 1.165) is 22.3 Å². The lowest BCUT2D eigenvalue weighted by Gasteiger charge is -2.25. The van der Waals surface area contributed by atoms with E-state index in [1.165, 1.54) is 12.1 Å². The predicted octanol–water partition coefficient (Wildman–Crippen LogP) is 3.84. The highest BCUT2D eigenvalue weighted by Gasteiger charge is 2.51. The summed E-state index contributed by atoms with van der Waals surface area (Å²) in [5.74, 6) is -1.01. The van der Waals surface area contributed by atoms with Gasteiger partial charge in [-0.05, 0) is 77.0 Å². The number of hydrogen-bond donors (Lipinski definition) is 2. The van der Waals surface area contributed by atoms with Gasteiger partial charge in [-0.3, -0.25) is 9.59 Å². The molecule has 0 fully saturated rings. The predicted molar refractivity (Wildman–Crippen MR) is 130 cm³/mol. The third-order valence-electron chi connectivity index (χ3n) is 6.54. The molecule has 0 bridgehead atoms. The Hall–Kier alpha value is -2.99. The van der Waals surface area contributed by atoms with Gasteiger partial charge in [0.15, 0.2) is 0 Å². The second-order valence-electron chi connectivity index (χ2n) is 9.46. The zero-order valence-corrected chi connectivity index (χ0v) is 20.3. The molecule has 2 N–H and O–H groups in total. The Morgan fingerprint density at radius 1 is 1.06 bits per heavy atom. The number of carbonyl (C=O) groups is 2. The van der Waals surface area contributed by atoms with Crippen LogP contribution in [0.4, 0.5) is 4.39 Å². The Bertz CT molecular complexity index is 1060. The van der Waals surface area contributed by atoms with Crippen molar-refractivity contribution in [2.24, 2.45) is 0 Å². The Labute approximate surface area is 196 Å². The molecule has 0 aromatic heterocycles. The van der Waals surface area contributed by atoms with E-state index in [1.54, 1.807) is 6.07 Å². The van der Waals surface area contributed by atoms with Gasteiger partial charge in [-0.1, -0.05) is 36.4 Å². The number of nitrogens with zero attached hydrogens (tertiary/aromatic N) is 1. The van der Waals surface area contributed by atoms with E-state index >= 15 is 0 Å². The van der Waals surface area contributed by atoms with Crippen LogP contribution in [0.2, 0.25) is 0 Å². The van der Waals surface area contributed by atoms with E-state index in [9.17, 15) is 14.0 Å². The number of benzene rings is 2. The summed E-state index contributed by atoms with van der Waals surface area (Å²) in [4.78, 5) is 27.1. The van der Waals surface area contributed by atoms with Gasteiger partial charge in [0.1, 0.15) is 5.82 Å². The normalized spacial score (nSPS) is 18.5. The average molecular weight is 452 g/mol. The molecule has 1 aliphatic carbocycles. The second kappa shape index (κ2) is 9.87. The molecule has 5 nitrogen and oxygen atoms in total. The lowest BCUT2D eigenvalue weighted by atomic mass is 9.90. The molecule has 6 heteroatoms. The molecule has 0 unspecified atom stereocenters. The molecule has 33 heavy (non-hydrogen) atoms. The van der Waals surface area contributed by atoms with E-state index in [4.69, 9.17) is 0 Å². The maximum atomic E-state index is 14.6. The van der Waals surface area contributed by atoms with Gasteiger partial charge in [0.05, 0.1) is 5.56 Å². The molecule has 1 aliphatic rings. The van der Waals surface area contributed by atoms with Crippen LogP contribution in [0.25, 0.3) is 0 Å². The summed E-state index contributed by atoms with van der Waals surface area (Å²) >= 11 is 0. The van der Waals surface area contributed by atoms with E-state index in [0.29, 0.717) is 13.0 Å². The summed E-state index contributed by atoms with van der Waals surface area (Å²) < 4.78 is 14.6. The maximum Gasteiger partial charge on any atom is 0.254 e. The van der Waals surface area contributed by atoms with Crippen LogP contribution in [0.5, 0.6) is 0 Å². The van der Waals surface area contributed by atoms with E-state index in [2.05, 4.69) is 17.6 Å². The van der Waals surface area contributed by atoms with Crippen LogP contribution in [0.1, 0.15) is 49.2 Å². The zero-order valence-electron chi connectivity index (χ0n) is 20.3. The molecule has 0 heterocycles. The van der Waals surface area contributed by atoms with E-state index < -0.39 is 11.7 Å². The van der Waals surface area contributed by atoms with Crippen LogP contribution >= 0.6 is 0 Å². The second-order valence-corrected chi connectivity index (χ2v) is 9.46. The van der Waals surface area contributed by atoms with Crippen LogP contribution in [-0.4, -0.2) is 49.4 Å². The van der Waals surface area contributed by atoms with Crippen LogP contribution < -0.4 is 10.6 Å². The number of carbonyl (C=O) groups excluding carboxylic acids is 2. The standard InChI is InChI=1S/C27H34FN3O2/c1-17(2)30-25(32)22-13-12-19(15-23(22)28)14-21(31(5)6)16-29-26(33)24-18(3)27(24,4)20-10-8-7-9-11-20/h7-13,15,17,21H,14,16H2,1-6H3,(H,29,33)(H,30,32)/t21-,27+/m0/s1. The van der Waals surface area contributed by atoms with Gasteiger partial charge in [0.25, 0.3) is 5.91 Å². The van der Waals surface area contributed by atoms with Crippen molar-refractivity contribution in [3.63, 3.8) is 0 Å². The molecule has 0 saturated heterocycles. The minimum absolute atomic E-state index is 0.0219. The Balaban J connectivity index is 1.63. The summed E-state index contributed by atoms with van der Waals surface area (Å²) in [5.41, 5.74) is 3.53. The highest BCUT2D eigenvalue weighted by atomic mass is 19.1. The molecular weight excluding hydrogens is 417 g/mol. The smallest absolute Gasteiger partial charge is 0.254 e. The van der Waals surface area contributed by atoms with Crippen LogP contribution in [0, 0.1) is 5.82 Å². The van der Waals surface area contributed by atoms with Crippen LogP contribution in [0.15, 0.2) is 59.7 Å². The topological polar surface area (TPSA) is 61.4 Å². The summed E-state index contributed by atoms with van der Waals surface area (Å²) in [7, 11) is 3.88. The maximum absolute atomic E-state index is 14.6. The lowest BCUT2D eigenvalue weighted by Crippen LogP contribution is -2.42. The summed E-state index contributed by atoms with van der Waals surface area (Å²) in [5, 5.41) is 5.78. The molecule has 3 rings (SSSR count). The Kier molecular flexibility index (Phi) is 7.38. The number of amides is 2. The van der Waals surface area contributed by atoms with E-state index in [1.807, 2.05) is 70.1 Å². The molecule has 0 saturated carbocycles. The fraction of sp³-hybridized carbons (Fsp3) is 0.407. The van der Waals surface area contributed by atoms with Gasteiger partial charge in [-0.25, -0.2) is 4.39 Å². The first-order valence-electron chi connectivity index (χ1n) is 11.4. The minimum atomic E-state index is -0.537. The minimum Gasteiger partial charge on any atom is -0.351 e.